The first kappa shape index (κ1) is 17.9. The number of nitrogens with one attached hydrogen (secondary N) is 2. The van der Waals surface area contributed by atoms with Crippen LogP contribution in [0.2, 0.25) is 0 Å². The average Bonchev–Trinajstić information content (AvgIpc) is 2.52. The second kappa shape index (κ2) is 6.97. The topological polar surface area (TPSA) is 101 Å². The molecule has 4 N–H and O–H groups in total. The second-order valence-electron chi connectivity index (χ2n) is 6.85. The fraction of sp³-hybridized carbons (Fsp3) is 0.389. The van der Waals surface area contributed by atoms with Crippen molar-refractivity contribution in [2.45, 2.75) is 40.2 Å². The number of nitrogens with zero attached hydrogens (tertiary/aromatic N) is 1. The van der Waals surface area contributed by atoms with E-state index in [1.54, 1.807) is 18.2 Å². The maximum atomic E-state index is 12.3. The standard InChI is InChI=1S/C18H24N4O2/c1-5-12-10-14(23)22-16(20-12)11-7-6-8-13(9-11)21-17(24)15(19)18(2,3)4/h6-10,15H,5,19H2,1-4H3,(H,21,24)(H,20,22,23)/t15-/m1/s1. The minimum absolute atomic E-state index is 0.193. The first-order valence-corrected chi connectivity index (χ1v) is 7.98. The van der Waals surface area contributed by atoms with Gasteiger partial charge in [0.05, 0.1) is 6.04 Å². The molecular formula is C18H24N4O2. The minimum Gasteiger partial charge on any atom is -0.325 e. The third-order valence-corrected chi connectivity index (χ3v) is 3.78. The van der Waals surface area contributed by atoms with Crippen LogP contribution in [0.15, 0.2) is 35.1 Å². The van der Waals surface area contributed by atoms with Gasteiger partial charge in [0.1, 0.15) is 5.82 Å². The smallest absolute Gasteiger partial charge is 0.251 e. The van der Waals surface area contributed by atoms with Gasteiger partial charge >= 0.3 is 0 Å². The lowest BCUT2D eigenvalue weighted by molar-refractivity contribution is -0.119. The first-order chi connectivity index (χ1) is 11.2. The van der Waals surface area contributed by atoms with Crippen molar-refractivity contribution < 1.29 is 4.79 Å². The molecule has 128 valence electrons. The number of carbonyl (C=O) groups is 1. The molecule has 0 aliphatic heterocycles. The zero-order chi connectivity index (χ0) is 17.9. The maximum absolute atomic E-state index is 12.3. The molecule has 1 atom stereocenters. The number of benzene rings is 1. The molecule has 6 nitrogen and oxygen atoms in total. The summed E-state index contributed by atoms with van der Waals surface area (Å²) in [6.07, 6.45) is 0.674. The number of H-pyrrole nitrogens is 1. The molecule has 24 heavy (non-hydrogen) atoms. The van der Waals surface area contributed by atoms with Gasteiger partial charge in [0.25, 0.3) is 5.56 Å². The lowest BCUT2D eigenvalue weighted by Gasteiger charge is -2.25. The molecule has 1 amide bonds. The molecule has 0 unspecified atom stereocenters. The highest BCUT2D eigenvalue weighted by molar-refractivity contribution is 5.95. The molecule has 2 aromatic rings. The zero-order valence-electron chi connectivity index (χ0n) is 14.5. The summed E-state index contributed by atoms with van der Waals surface area (Å²) in [7, 11) is 0. The highest BCUT2D eigenvalue weighted by Crippen LogP contribution is 2.21. The third-order valence-electron chi connectivity index (χ3n) is 3.78. The summed E-state index contributed by atoms with van der Waals surface area (Å²) in [6.45, 7) is 7.69. The highest BCUT2D eigenvalue weighted by atomic mass is 16.2. The van der Waals surface area contributed by atoms with Gasteiger partial charge in [0, 0.05) is 23.0 Å². The summed E-state index contributed by atoms with van der Waals surface area (Å²) in [4.78, 5) is 31.1. The van der Waals surface area contributed by atoms with Crippen LogP contribution in [0.4, 0.5) is 5.69 Å². The van der Waals surface area contributed by atoms with Gasteiger partial charge in [-0.3, -0.25) is 9.59 Å². The highest BCUT2D eigenvalue weighted by Gasteiger charge is 2.27. The molecule has 2 rings (SSSR count). The molecule has 0 fully saturated rings. The van der Waals surface area contributed by atoms with Gasteiger partial charge in [-0.1, -0.05) is 39.8 Å². The first-order valence-electron chi connectivity index (χ1n) is 7.98. The normalized spacial score (nSPS) is 12.7. The molecule has 0 aliphatic carbocycles. The summed E-state index contributed by atoms with van der Waals surface area (Å²) in [6, 6.07) is 8.03. The zero-order valence-corrected chi connectivity index (χ0v) is 14.5. The van der Waals surface area contributed by atoms with E-state index < -0.39 is 6.04 Å². The van der Waals surface area contributed by atoms with Gasteiger partial charge in [0.2, 0.25) is 5.91 Å². The number of rotatable bonds is 4. The van der Waals surface area contributed by atoms with Crippen molar-refractivity contribution in [3.63, 3.8) is 0 Å². The number of aromatic amines is 1. The number of nitrogens with two attached hydrogens (primary N) is 1. The van der Waals surface area contributed by atoms with Crippen LogP contribution in [-0.4, -0.2) is 21.9 Å². The fourth-order valence-corrected chi connectivity index (χ4v) is 2.18. The van der Waals surface area contributed by atoms with Crippen LogP contribution in [0.3, 0.4) is 0 Å². The van der Waals surface area contributed by atoms with E-state index in [1.165, 1.54) is 6.07 Å². The summed E-state index contributed by atoms with van der Waals surface area (Å²) < 4.78 is 0. The Balaban J connectivity index is 2.28. The van der Waals surface area contributed by atoms with Crippen LogP contribution in [0.1, 0.15) is 33.4 Å². The Morgan fingerprint density at radius 2 is 2.04 bits per heavy atom. The van der Waals surface area contributed by atoms with E-state index in [0.717, 1.165) is 11.3 Å². The van der Waals surface area contributed by atoms with E-state index >= 15 is 0 Å². The van der Waals surface area contributed by atoms with Crippen LogP contribution >= 0.6 is 0 Å². The molecule has 6 heteroatoms. The predicted octanol–water partition coefficient (Wildman–Crippen LogP) is 2.31. The molecule has 1 aromatic carbocycles. The van der Waals surface area contributed by atoms with Crippen LogP contribution in [0, 0.1) is 5.41 Å². The Bertz CT molecular complexity index is 790. The second-order valence-corrected chi connectivity index (χ2v) is 6.85. The molecule has 1 aromatic heterocycles. The number of amides is 1. The van der Waals surface area contributed by atoms with Gasteiger partial charge in [0.15, 0.2) is 0 Å². The van der Waals surface area contributed by atoms with Crippen molar-refractivity contribution in [1.29, 1.82) is 0 Å². The Morgan fingerprint density at radius 3 is 2.67 bits per heavy atom. The fourth-order valence-electron chi connectivity index (χ4n) is 2.18. The van der Waals surface area contributed by atoms with E-state index in [4.69, 9.17) is 5.73 Å². The van der Waals surface area contributed by atoms with Crippen molar-refractivity contribution in [3.05, 3.63) is 46.4 Å². The Hall–Kier alpha value is -2.47. The largest absolute Gasteiger partial charge is 0.325 e. The molecule has 0 bridgehead atoms. The van der Waals surface area contributed by atoms with Gasteiger partial charge in [-0.15, -0.1) is 0 Å². The van der Waals surface area contributed by atoms with Crippen LogP contribution in [0.5, 0.6) is 0 Å². The van der Waals surface area contributed by atoms with Gasteiger partial charge < -0.3 is 16.0 Å². The molecule has 0 saturated carbocycles. The Labute approximate surface area is 141 Å². The van der Waals surface area contributed by atoms with E-state index in [1.807, 2.05) is 33.8 Å². The van der Waals surface area contributed by atoms with Crippen molar-refractivity contribution in [3.8, 4) is 11.4 Å². The summed E-state index contributed by atoms with van der Waals surface area (Å²) in [5.41, 5.74) is 7.51. The lowest BCUT2D eigenvalue weighted by Crippen LogP contribution is -2.45. The summed E-state index contributed by atoms with van der Waals surface area (Å²) in [5.74, 6) is 0.235. The summed E-state index contributed by atoms with van der Waals surface area (Å²) in [5, 5.41) is 2.82. The van der Waals surface area contributed by atoms with Crippen molar-refractivity contribution in [2.75, 3.05) is 5.32 Å². The number of hydrogen-bond acceptors (Lipinski definition) is 4. The summed E-state index contributed by atoms with van der Waals surface area (Å²) >= 11 is 0. The Morgan fingerprint density at radius 1 is 1.33 bits per heavy atom. The van der Waals surface area contributed by atoms with E-state index in [2.05, 4.69) is 15.3 Å². The SMILES string of the molecule is CCc1cc(=O)[nH]c(-c2cccc(NC(=O)[C@@H](N)C(C)(C)C)c2)n1. The maximum Gasteiger partial charge on any atom is 0.251 e. The van der Waals surface area contributed by atoms with Gasteiger partial charge in [-0.2, -0.15) is 0 Å². The Kier molecular flexibility index (Phi) is 5.19. The molecule has 0 aliphatic rings. The predicted molar refractivity (Wildman–Crippen MR) is 95.7 cm³/mol. The van der Waals surface area contributed by atoms with Gasteiger partial charge in [-0.05, 0) is 24.0 Å². The van der Waals surface area contributed by atoms with Crippen LogP contribution < -0.4 is 16.6 Å². The third kappa shape index (κ3) is 4.29. The number of anilines is 1. The van der Waals surface area contributed by atoms with Crippen LogP contribution in [0.25, 0.3) is 11.4 Å². The number of aryl methyl sites for hydroxylation is 1. The van der Waals surface area contributed by atoms with Crippen LogP contribution in [-0.2, 0) is 11.2 Å². The number of carbonyl (C=O) groups excluding carboxylic acids is 1. The number of aromatic nitrogens is 2. The minimum atomic E-state index is -0.623. The molecular weight excluding hydrogens is 304 g/mol. The molecule has 1 heterocycles. The monoisotopic (exact) mass is 328 g/mol. The van der Waals surface area contributed by atoms with Crippen molar-refractivity contribution in [2.24, 2.45) is 11.1 Å². The molecule has 0 saturated heterocycles. The van der Waals surface area contributed by atoms with Crippen molar-refractivity contribution >= 4 is 11.6 Å². The lowest BCUT2D eigenvalue weighted by atomic mass is 9.87. The number of hydrogen-bond donors (Lipinski definition) is 3. The van der Waals surface area contributed by atoms with Gasteiger partial charge in [-0.25, -0.2) is 4.98 Å². The molecule has 0 radical (unpaired) electrons. The average molecular weight is 328 g/mol. The molecule has 0 spiro atoms. The van der Waals surface area contributed by atoms with Crippen molar-refractivity contribution in [1.82, 2.24) is 9.97 Å². The van der Waals surface area contributed by atoms with E-state index in [0.29, 0.717) is 17.9 Å². The quantitative estimate of drug-likeness (QED) is 0.801. The van der Waals surface area contributed by atoms with E-state index in [-0.39, 0.29) is 16.9 Å². The van der Waals surface area contributed by atoms with E-state index in [9.17, 15) is 9.59 Å².